The average Bonchev–Trinajstić information content (AvgIpc) is 2.85. The number of halogens is 3. The summed E-state index contributed by atoms with van der Waals surface area (Å²) in [6.45, 7) is 0. The third-order valence-corrected chi connectivity index (χ3v) is 5.06. The summed E-state index contributed by atoms with van der Waals surface area (Å²) in [4.78, 5) is 11.9. The molecule has 0 N–H and O–H groups in total. The van der Waals surface area contributed by atoms with Gasteiger partial charge in [-0.05, 0) is 40.9 Å². The van der Waals surface area contributed by atoms with Crippen molar-refractivity contribution in [3.05, 3.63) is 33.8 Å². The molecule has 1 saturated carbocycles. The molecule has 1 aliphatic carbocycles. The van der Waals surface area contributed by atoms with Gasteiger partial charge in [0.15, 0.2) is 11.6 Å². The van der Waals surface area contributed by atoms with Crippen molar-refractivity contribution < 1.29 is 13.6 Å². The maximum atomic E-state index is 13.7. The van der Waals surface area contributed by atoms with E-state index < -0.39 is 23.0 Å². The number of rotatable bonds is 4. The standard InChI is InChI=1S/C13H13BrF2OS/c14-9-5-6-10(15)12(13(9)16)11(17)7-18-8-3-1-2-4-8/h5-6,8H,1-4,7H2. The van der Waals surface area contributed by atoms with E-state index in [4.69, 9.17) is 0 Å². The zero-order valence-electron chi connectivity index (χ0n) is 9.72. The fourth-order valence-corrected chi connectivity index (χ4v) is 3.63. The molecule has 0 aromatic heterocycles. The van der Waals surface area contributed by atoms with Crippen LogP contribution in [0.4, 0.5) is 8.78 Å². The summed E-state index contributed by atoms with van der Waals surface area (Å²) in [5.41, 5.74) is -0.421. The van der Waals surface area contributed by atoms with Crippen molar-refractivity contribution in [2.24, 2.45) is 0 Å². The Labute approximate surface area is 117 Å². The van der Waals surface area contributed by atoms with E-state index in [-0.39, 0.29) is 10.2 Å². The summed E-state index contributed by atoms with van der Waals surface area (Å²) in [7, 11) is 0. The van der Waals surface area contributed by atoms with Crippen LogP contribution < -0.4 is 0 Å². The number of hydrogen-bond acceptors (Lipinski definition) is 2. The highest BCUT2D eigenvalue weighted by Gasteiger charge is 2.22. The molecule has 1 nitrogen and oxygen atoms in total. The summed E-state index contributed by atoms with van der Waals surface area (Å²) in [6.07, 6.45) is 4.57. The number of Topliss-reactive ketones (excluding diaryl/α,β-unsaturated/α-hetero) is 1. The Bertz CT molecular complexity index is 459. The van der Waals surface area contributed by atoms with E-state index in [0.717, 1.165) is 18.9 Å². The van der Waals surface area contributed by atoms with E-state index in [1.807, 2.05) is 0 Å². The van der Waals surface area contributed by atoms with Crippen LogP contribution in [0.15, 0.2) is 16.6 Å². The molecule has 0 heterocycles. The van der Waals surface area contributed by atoms with Gasteiger partial charge in [0.2, 0.25) is 0 Å². The SMILES string of the molecule is O=C(CSC1CCCC1)c1c(F)ccc(Br)c1F. The van der Waals surface area contributed by atoms with Gasteiger partial charge in [0, 0.05) is 5.25 Å². The predicted molar refractivity (Wildman–Crippen MR) is 73.1 cm³/mol. The minimum atomic E-state index is -0.799. The summed E-state index contributed by atoms with van der Waals surface area (Å²) in [5.74, 6) is -1.91. The van der Waals surface area contributed by atoms with E-state index in [1.165, 1.54) is 30.7 Å². The van der Waals surface area contributed by atoms with Gasteiger partial charge in [-0.1, -0.05) is 12.8 Å². The Morgan fingerprint density at radius 2 is 2.00 bits per heavy atom. The molecule has 0 spiro atoms. The van der Waals surface area contributed by atoms with Crippen LogP contribution in [0, 0.1) is 11.6 Å². The summed E-state index contributed by atoms with van der Waals surface area (Å²) < 4.78 is 27.3. The minimum absolute atomic E-state index is 0.123. The molecule has 18 heavy (non-hydrogen) atoms. The Hall–Kier alpha value is -0.420. The van der Waals surface area contributed by atoms with Gasteiger partial charge in [-0.15, -0.1) is 0 Å². The van der Waals surface area contributed by atoms with E-state index in [2.05, 4.69) is 15.9 Å². The van der Waals surface area contributed by atoms with Crippen LogP contribution in [0.2, 0.25) is 0 Å². The van der Waals surface area contributed by atoms with Crippen molar-refractivity contribution in [2.75, 3.05) is 5.75 Å². The molecule has 0 unspecified atom stereocenters. The van der Waals surface area contributed by atoms with Crippen molar-refractivity contribution in [3.8, 4) is 0 Å². The zero-order valence-corrected chi connectivity index (χ0v) is 12.1. The number of benzene rings is 1. The first kappa shape index (κ1) is 14.0. The van der Waals surface area contributed by atoms with Crippen LogP contribution >= 0.6 is 27.7 Å². The Kier molecular flexibility index (Phi) is 4.78. The van der Waals surface area contributed by atoms with Gasteiger partial charge >= 0.3 is 0 Å². The predicted octanol–water partition coefficient (Wildman–Crippen LogP) is 4.59. The Balaban J connectivity index is 2.06. The largest absolute Gasteiger partial charge is 0.293 e. The molecule has 0 atom stereocenters. The third-order valence-electron chi connectivity index (χ3n) is 3.08. The lowest BCUT2D eigenvalue weighted by Crippen LogP contribution is -2.11. The summed E-state index contributed by atoms with van der Waals surface area (Å²) in [5, 5.41) is 0.465. The molecular weight excluding hydrogens is 322 g/mol. The molecule has 1 fully saturated rings. The van der Waals surface area contributed by atoms with Crippen molar-refractivity contribution in [1.29, 1.82) is 0 Å². The molecule has 0 aliphatic heterocycles. The second kappa shape index (κ2) is 6.15. The van der Waals surface area contributed by atoms with Crippen molar-refractivity contribution in [3.63, 3.8) is 0 Å². The second-order valence-electron chi connectivity index (χ2n) is 4.36. The molecule has 5 heteroatoms. The van der Waals surface area contributed by atoms with Crippen LogP contribution in [0.3, 0.4) is 0 Å². The second-order valence-corrected chi connectivity index (χ2v) is 6.50. The third kappa shape index (κ3) is 3.12. The van der Waals surface area contributed by atoms with Gasteiger partial charge in [0.05, 0.1) is 15.8 Å². The fraction of sp³-hybridized carbons (Fsp3) is 0.462. The van der Waals surface area contributed by atoms with Crippen LogP contribution in [0.5, 0.6) is 0 Å². The van der Waals surface area contributed by atoms with E-state index in [9.17, 15) is 13.6 Å². The lowest BCUT2D eigenvalue weighted by molar-refractivity contribution is 0.101. The molecule has 0 radical (unpaired) electrons. The lowest BCUT2D eigenvalue weighted by Gasteiger charge is -2.09. The molecule has 1 aromatic rings. The summed E-state index contributed by atoms with van der Waals surface area (Å²) >= 11 is 4.48. The topological polar surface area (TPSA) is 17.1 Å². The monoisotopic (exact) mass is 334 g/mol. The quantitative estimate of drug-likeness (QED) is 0.592. The smallest absolute Gasteiger partial charge is 0.178 e. The zero-order chi connectivity index (χ0) is 13.1. The average molecular weight is 335 g/mol. The van der Waals surface area contributed by atoms with E-state index >= 15 is 0 Å². The van der Waals surface area contributed by atoms with Gasteiger partial charge in [-0.25, -0.2) is 8.78 Å². The Morgan fingerprint density at radius 1 is 1.33 bits per heavy atom. The van der Waals surface area contributed by atoms with Crippen LogP contribution in [-0.4, -0.2) is 16.8 Å². The molecule has 0 amide bonds. The molecule has 0 saturated heterocycles. The number of carbonyl (C=O) groups is 1. The van der Waals surface area contributed by atoms with Crippen molar-refractivity contribution in [2.45, 2.75) is 30.9 Å². The fourth-order valence-electron chi connectivity index (χ4n) is 2.10. The molecule has 1 aliphatic rings. The summed E-state index contributed by atoms with van der Waals surface area (Å²) in [6, 6.07) is 2.38. The van der Waals surface area contributed by atoms with Crippen LogP contribution in [-0.2, 0) is 0 Å². The first-order valence-electron chi connectivity index (χ1n) is 5.88. The van der Waals surface area contributed by atoms with Gasteiger partial charge in [-0.3, -0.25) is 4.79 Å². The highest BCUT2D eigenvalue weighted by Crippen LogP contribution is 2.30. The van der Waals surface area contributed by atoms with E-state index in [0.29, 0.717) is 5.25 Å². The Morgan fingerprint density at radius 3 is 2.67 bits per heavy atom. The molecule has 0 bridgehead atoms. The minimum Gasteiger partial charge on any atom is -0.293 e. The lowest BCUT2D eigenvalue weighted by atomic mass is 10.1. The molecular formula is C13H13BrF2OS. The number of carbonyl (C=O) groups excluding carboxylic acids is 1. The maximum Gasteiger partial charge on any atom is 0.178 e. The van der Waals surface area contributed by atoms with Crippen molar-refractivity contribution in [1.82, 2.24) is 0 Å². The van der Waals surface area contributed by atoms with Gasteiger partial charge in [-0.2, -0.15) is 11.8 Å². The van der Waals surface area contributed by atoms with Gasteiger partial charge in [0.25, 0.3) is 0 Å². The van der Waals surface area contributed by atoms with Crippen LogP contribution in [0.1, 0.15) is 36.0 Å². The number of ketones is 1. The van der Waals surface area contributed by atoms with Crippen LogP contribution in [0.25, 0.3) is 0 Å². The normalized spacial score (nSPS) is 16.2. The molecule has 2 rings (SSSR count). The first-order chi connectivity index (χ1) is 8.59. The van der Waals surface area contributed by atoms with E-state index in [1.54, 1.807) is 0 Å². The highest BCUT2D eigenvalue weighted by atomic mass is 79.9. The highest BCUT2D eigenvalue weighted by molar-refractivity contribution is 9.10. The maximum absolute atomic E-state index is 13.7. The number of thioether (sulfide) groups is 1. The molecule has 98 valence electrons. The first-order valence-corrected chi connectivity index (χ1v) is 7.72. The van der Waals surface area contributed by atoms with Gasteiger partial charge < -0.3 is 0 Å². The molecule has 1 aromatic carbocycles. The van der Waals surface area contributed by atoms with Gasteiger partial charge in [0.1, 0.15) is 5.82 Å². The number of hydrogen-bond donors (Lipinski definition) is 0. The van der Waals surface area contributed by atoms with Crippen molar-refractivity contribution >= 4 is 33.5 Å².